The van der Waals surface area contributed by atoms with Crippen LogP contribution in [0.2, 0.25) is 5.02 Å². The molecular weight excluding hydrogens is 232 g/mol. The minimum atomic E-state index is -0.0387. The summed E-state index contributed by atoms with van der Waals surface area (Å²) in [6.45, 7) is 2.48. The summed E-state index contributed by atoms with van der Waals surface area (Å²) in [4.78, 5) is 0. The maximum Gasteiger partial charge on any atom is 0.189 e. The Morgan fingerprint density at radius 1 is 1.56 bits per heavy atom. The highest BCUT2D eigenvalue weighted by molar-refractivity contribution is 6.30. The van der Waals surface area contributed by atoms with Crippen LogP contribution in [0.3, 0.4) is 0 Å². The van der Waals surface area contributed by atoms with Crippen LogP contribution in [0.1, 0.15) is 12.5 Å². The van der Waals surface area contributed by atoms with Crippen molar-refractivity contribution in [2.75, 3.05) is 13.4 Å². The van der Waals surface area contributed by atoms with Crippen LogP contribution in [0.25, 0.3) is 0 Å². The number of nitrogens with two attached hydrogens (primary N) is 1. The molecule has 0 heterocycles. The van der Waals surface area contributed by atoms with Gasteiger partial charge < -0.3 is 20.4 Å². The Hall–Kier alpha value is -1.46. The molecule has 0 fully saturated rings. The summed E-state index contributed by atoms with van der Waals surface area (Å²) >= 11 is 5.81. The highest BCUT2D eigenvalue weighted by Crippen LogP contribution is 2.23. The molecule has 5 nitrogen and oxygen atoms in total. The van der Waals surface area contributed by atoms with Gasteiger partial charge in [0.15, 0.2) is 12.6 Å². The second-order valence-corrected chi connectivity index (χ2v) is 3.32. The van der Waals surface area contributed by atoms with Gasteiger partial charge in [-0.3, -0.25) is 0 Å². The van der Waals surface area contributed by atoms with Crippen LogP contribution in [0.5, 0.6) is 5.75 Å². The average molecular weight is 245 g/mol. The zero-order valence-corrected chi connectivity index (χ0v) is 9.57. The molecule has 0 amide bonds. The van der Waals surface area contributed by atoms with Crippen LogP contribution in [0.4, 0.5) is 0 Å². The van der Waals surface area contributed by atoms with Crippen LogP contribution in [0, 0.1) is 0 Å². The topological polar surface area (TPSA) is 77.1 Å². The zero-order valence-electron chi connectivity index (χ0n) is 8.81. The first-order valence-electron chi connectivity index (χ1n) is 4.67. The van der Waals surface area contributed by atoms with Crippen molar-refractivity contribution in [3.05, 3.63) is 28.8 Å². The predicted molar refractivity (Wildman–Crippen MR) is 61.1 cm³/mol. The van der Waals surface area contributed by atoms with Crippen LogP contribution in [-0.2, 0) is 4.74 Å². The third-order valence-corrected chi connectivity index (χ3v) is 2.06. The van der Waals surface area contributed by atoms with Gasteiger partial charge >= 0.3 is 0 Å². The predicted octanol–water partition coefficient (Wildman–Crippen LogP) is 1.81. The SMILES string of the molecule is CCOCOc1cc(Cl)ccc1/C(N)=N/O. The minimum Gasteiger partial charge on any atom is -0.467 e. The van der Waals surface area contributed by atoms with Gasteiger partial charge in [-0.1, -0.05) is 16.8 Å². The number of rotatable bonds is 5. The van der Waals surface area contributed by atoms with Crippen LogP contribution in [-0.4, -0.2) is 24.4 Å². The number of oxime groups is 1. The van der Waals surface area contributed by atoms with Crippen molar-refractivity contribution < 1.29 is 14.7 Å². The van der Waals surface area contributed by atoms with E-state index in [1.807, 2.05) is 6.92 Å². The molecule has 1 aromatic rings. The molecule has 0 aliphatic rings. The van der Waals surface area contributed by atoms with Gasteiger partial charge in [-0.2, -0.15) is 0 Å². The molecule has 0 spiro atoms. The van der Waals surface area contributed by atoms with E-state index in [1.54, 1.807) is 18.2 Å². The number of halogens is 1. The van der Waals surface area contributed by atoms with Gasteiger partial charge in [-0.15, -0.1) is 0 Å². The molecule has 0 aromatic heterocycles. The van der Waals surface area contributed by atoms with Crippen molar-refractivity contribution in [3.8, 4) is 5.75 Å². The molecular formula is C10H13ClN2O3. The average Bonchev–Trinajstić information content (AvgIpc) is 2.29. The highest BCUT2D eigenvalue weighted by Gasteiger charge is 2.09. The minimum absolute atomic E-state index is 0.0387. The van der Waals surface area contributed by atoms with Crippen LogP contribution >= 0.6 is 11.6 Å². The van der Waals surface area contributed by atoms with E-state index in [9.17, 15) is 0 Å². The number of ether oxygens (including phenoxy) is 2. The molecule has 0 aliphatic heterocycles. The summed E-state index contributed by atoms with van der Waals surface area (Å²) < 4.78 is 10.3. The summed E-state index contributed by atoms with van der Waals surface area (Å²) in [6, 6.07) is 4.81. The van der Waals surface area contributed by atoms with Crippen molar-refractivity contribution in [2.45, 2.75) is 6.92 Å². The molecule has 0 atom stereocenters. The lowest BCUT2D eigenvalue weighted by molar-refractivity contribution is 0.0223. The van der Waals surface area contributed by atoms with E-state index in [0.717, 1.165) is 0 Å². The van der Waals surface area contributed by atoms with Gasteiger partial charge in [0.25, 0.3) is 0 Å². The van der Waals surface area contributed by atoms with Crippen LogP contribution in [0.15, 0.2) is 23.4 Å². The lowest BCUT2D eigenvalue weighted by Gasteiger charge is -2.10. The summed E-state index contributed by atoms with van der Waals surface area (Å²) in [5, 5.41) is 12.0. The van der Waals surface area contributed by atoms with Gasteiger partial charge in [0.05, 0.1) is 5.56 Å². The monoisotopic (exact) mass is 244 g/mol. The van der Waals surface area contributed by atoms with Gasteiger partial charge in [0.2, 0.25) is 0 Å². The lowest BCUT2D eigenvalue weighted by Crippen LogP contribution is -2.15. The van der Waals surface area contributed by atoms with E-state index in [1.165, 1.54) is 0 Å². The normalized spacial score (nSPS) is 11.5. The molecule has 0 aliphatic carbocycles. The van der Waals surface area contributed by atoms with Crippen molar-refractivity contribution in [3.63, 3.8) is 0 Å². The maximum atomic E-state index is 8.60. The van der Waals surface area contributed by atoms with Crippen molar-refractivity contribution in [2.24, 2.45) is 10.9 Å². The van der Waals surface area contributed by atoms with E-state index in [0.29, 0.717) is 22.9 Å². The standard InChI is InChI=1S/C10H13ClN2O3/c1-2-15-6-16-9-5-7(11)3-4-8(9)10(12)13-14/h3-5,14H,2,6H2,1H3,(H2,12,13). The van der Waals surface area contributed by atoms with Crippen molar-refractivity contribution >= 4 is 17.4 Å². The Balaban J connectivity index is 2.90. The fourth-order valence-corrected chi connectivity index (χ4v) is 1.23. The molecule has 0 unspecified atom stereocenters. The fraction of sp³-hybridized carbons (Fsp3) is 0.300. The molecule has 0 saturated heterocycles. The Morgan fingerprint density at radius 2 is 2.31 bits per heavy atom. The number of amidine groups is 1. The van der Waals surface area contributed by atoms with Crippen molar-refractivity contribution in [1.82, 2.24) is 0 Å². The van der Waals surface area contributed by atoms with E-state index >= 15 is 0 Å². The molecule has 16 heavy (non-hydrogen) atoms. The largest absolute Gasteiger partial charge is 0.467 e. The smallest absolute Gasteiger partial charge is 0.189 e. The third kappa shape index (κ3) is 3.29. The number of benzene rings is 1. The summed E-state index contributed by atoms with van der Waals surface area (Å²) in [6.07, 6.45) is 0. The molecule has 0 saturated carbocycles. The van der Waals surface area contributed by atoms with E-state index in [4.69, 9.17) is 32.0 Å². The van der Waals surface area contributed by atoms with E-state index in [-0.39, 0.29) is 12.6 Å². The second-order valence-electron chi connectivity index (χ2n) is 2.88. The lowest BCUT2D eigenvalue weighted by atomic mass is 10.2. The molecule has 6 heteroatoms. The van der Waals surface area contributed by atoms with Crippen molar-refractivity contribution in [1.29, 1.82) is 0 Å². The Bertz CT molecular complexity index is 382. The first-order chi connectivity index (χ1) is 7.69. The Labute approximate surface area is 98.4 Å². The van der Waals surface area contributed by atoms with Gasteiger partial charge in [-0.25, -0.2) is 0 Å². The number of hydrogen-bond acceptors (Lipinski definition) is 4. The molecule has 3 N–H and O–H groups in total. The van der Waals surface area contributed by atoms with E-state index in [2.05, 4.69) is 5.16 Å². The Kier molecular flexibility index (Phi) is 4.88. The summed E-state index contributed by atoms with van der Waals surface area (Å²) in [7, 11) is 0. The quantitative estimate of drug-likeness (QED) is 0.207. The zero-order chi connectivity index (χ0) is 12.0. The third-order valence-electron chi connectivity index (χ3n) is 1.83. The highest BCUT2D eigenvalue weighted by atomic mass is 35.5. The molecule has 0 radical (unpaired) electrons. The fourth-order valence-electron chi connectivity index (χ4n) is 1.07. The number of hydrogen-bond donors (Lipinski definition) is 2. The first kappa shape index (κ1) is 12.6. The van der Waals surface area contributed by atoms with Gasteiger partial charge in [-0.05, 0) is 25.1 Å². The summed E-state index contributed by atoms with van der Waals surface area (Å²) in [5.74, 6) is 0.374. The molecule has 1 aromatic carbocycles. The Morgan fingerprint density at radius 3 is 2.94 bits per heavy atom. The van der Waals surface area contributed by atoms with Gasteiger partial charge in [0, 0.05) is 11.6 Å². The van der Waals surface area contributed by atoms with Gasteiger partial charge in [0.1, 0.15) is 5.75 Å². The maximum absolute atomic E-state index is 8.60. The molecule has 1 rings (SSSR count). The molecule has 88 valence electrons. The molecule has 0 bridgehead atoms. The second kappa shape index (κ2) is 6.19. The van der Waals surface area contributed by atoms with E-state index < -0.39 is 0 Å². The summed E-state index contributed by atoms with van der Waals surface area (Å²) in [5.41, 5.74) is 5.95. The first-order valence-corrected chi connectivity index (χ1v) is 5.04. The number of nitrogens with zero attached hydrogens (tertiary/aromatic N) is 1. The van der Waals surface area contributed by atoms with Crippen LogP contribution < -0.4 is 10.5 Å².